The van der Waals surface area contributed by atoms with Crippen LogP contribution in [0, 0.1) is 11.3 Å². The smallest absolute Gasteiger partial charge is 0.262 e. The molecular weight excluding hydrogens is 276 g/mol. The number of carbonyl (C=O) groups excluding carboxylic acids is 1. The number of hydrogen-bond donors (Lipinski definition) is 1. The first-order chi connectivity index (χ1) is 7.15. The lowest BCUT2D eigenvalue weighted by molar-refractivity contribution is 0.0886. The molecule has 1 N–H and O–H groups in total. The van der Waals surface area contributed by atoms with Crippen LogP contribution in [0.5, 0.6) is 0 Å². The average Bonchev–Trinajstić information content (AvgIpc) is 2.58. The summed E-state index contributed by atoms with van der Waals surface area (Å²) in [5, 5.41) is 11.8. The molecule has 0 unspecified atom stereocenters. The van der Waals surface area contributed by atoms with E-state index in [0.717, 1.165) is 23.0 Å². The normalized spacial score (nSPS) is 17.6. The highest BCUT2D eigenvalue weighted by atomic mass is 79.9. The number of hydrogen-bond acceptors (Lipinski definition) is 3. The van der Waals surface area contributed by atoms with Crippen LogP contribution >= 0.6 is 27.3 Å². The molecule has 1 aromatic heterocycles. The number of thiophene rings is 1. The van der Waals surface area contributed by atoms with Crippen LogP contribution in [-0.2, 0) is 0 Å². The van der Waals surface area contributed by atoms with Gasteiger partial charge in [-0.05, 0) is 47.3 Å². The fourth-order valence-corrected chi connectivity index (χ4v) is 2.79. The Bertz CT molecular complexity index is 431. The Morgan fingerprint density at radius 3 is 2.73 bits per heavy atom. The molecule has 0 spiro atoms. The molecule has 2 rings (SSSR count). The second-order valence-electron chi connectivity index (χ2n) is 3.61. The zero-order valence-corrected chi connectivity index (χ0v) is 10.3. The Hall–Kier alpha value is -0.860. The molecule has 1 heterocycles. The highest BCUT2D eigenvalue weighted by molar-refractivity contribution is 9.11. The number of amides is 1. The largest absolute Gasteiger partial charge is 0.333 e. The Balaban J connectivity index is 2.07. The Kier molecular flexibility index (Phi) is 2.81. The molecule has 0 bridgehead atoms. The van der Waals surface area contributed by atoms with Gasteiger partial charge in [-0.2, -0.15) is 5.26 Å². The van der Waals surface area contributed by atoms with Crippen LogP contribution in [0.1, 0.15) is 28.9 Å². The van der Waals surface area contributed by atoms with Crippen molar-refractivity contribution in [3.8, 4) is 6.07 Å². The summed E-state index contributed by atoms with van der Waals surface area (Å²) < 4.78 is 0.923. The van der Waals surface area contributed by atoms with E-state index in [4.69, 9.17) is 5.26 Å². The lowest BCUT2D eigenvalue weighted by Gasteiger charge is -2.35. The van der Waals surface area contributed by atoms with Crippen molar-refractivity contribution < 1.29 is 4.79 Å². The molecule has 15 heavy (non-hydrogen) atoms. The predicted molar refractivity (Wildman–Crippen MR) is 61.7 cm³/mol. The molecule has 0 aliphatic heterocycles. The van der Waals surface area contributed by atoms with E-state index in [1.54, 1.807) is 6.07 Å². The molecular formula is C10H9BrN2OS. The maximum absolute atomic E-state index is 11.8. The van der Waals surface area contributed by atoms with E-state index in [9.17, 15) is 4.79 Å². The first kappa shape index (κ1) is 10.7. The molecule has 0 atom stereocenters. The van der Waals surface area contributed by atoms with Gasteiger partial charge in [-0.25, -0.2) is 0 Å². The maximum atomic E-state index is 11.8. The summed E-state index contributed by atoms with van der Waals surface area (Å²) >= 11 is 4.68. The SMILES string of the molecule is N#CC1(NC(=O)c2ccc(Br)s2)CCC1. The molecule has 1 aliphatic rings. The zero-order chi connectivity index (χ0) is 10.9. The van der Waals surface area contributed by atoms with Gasteiger partial charge in [-0.3, -0.25) is 4.79 Å². The number of rotatable bonds is 2. The van der Waals surface area contributed by atoms with Gasteiger partial charge in [-0.1, -0.05) is 0 Å². The van der Waals surface area contributed by atoms with Crippen molar-refractivity contribution in [2.24, 2.45) is 0 Å². The van der Waals surface area contributed by atoms with Crippen LogP contribution in [0.4, 0.5) is 0 Å². The third-order valence-electron chi connectivity index (χ3n) is 2.57. The minimum atomic E-state index is -0.604. The van der Waals surface area contributed by atoms with Gasteiger partial charge >= 0.3 is 0 Å². The molecule has 1 aliphatic carbocycles. The summed E-state index contributed by atoms with van der Waals surface area (Å²) in [4.78, 5) is 12.4. The summed E-state index contributed by atoms with van der Waals surface area (Å²) in [6.45, 7) is 0. The zero-order valence-electron chi connectivity index (χ0n) is 7.92. The maximum Gasteiger partial charge on any atom is 0.262 e. The van der Waals surface area contributed by atoms with Gasteiger partial charge in [0, 0.05) is 0 Å². The van der Waals surface area contributed by atoms with Crippen molar-refractivity contribution in [1.29, 1.82) is 5.26 Å². The van der Waals surface area contributed by atoms with Gasteiger partial charge in [-0.15, -0.1) is 11.3 Å². The third kappa shape index (κ3) is 2.06. The van der Waals surface area contributed by atoms with Gasteiger partial charge < -0.3 is 5.32 Å². The molecule has 3 nitrogen and oxygen atoms in total. The van der Waals surface area contributed by atoms with Crippen LogP contribution in [0.2, 0.25) is 0 Å². The monoisotopic (exact) mass is 284 g/mol. The first-order valence-corrected chi connectivity index (χ1v) is 6.25. The van der Waals surface area contributed by atoms with E-state index in [1.165, 1.54) is 11.3 Å². The van der Waals surface area contributed by atoms with E-state index in [1.807, 2.05) is 6.07 Å². The average molecular weight is 285 g/mol. The van der Waals surface area contributed by atoms with Gasteiger partial charge in [0.25, 0.3) is 5.91 Å². The van der Waals surface area contributed by atoms with Crippen LogP contribution in [0.25, 0.3) is 0 Å². The number of nitriles is 1. The molecule has 78 valence electrons. The van der Waals surface area contributed by atoms with E-state index in [2.05, 4.69) is 27.3 Å². The van der Waals surface area contributed by atoms with Crippen molar-refractivity contribution in [2.45, 2.75) is 24.8 Å². The minimum absolute atomic E-state index is 0.146. The molecule has 0 saturated heterocycles. The highest BCUT2D eigenvalue weighted by Gasteiger charge is 2.38. The van der Waals surface area contributed by atoms with Crippen molar-refractivity contribution in [3.05, 3.63) is 20.8 Å². The van der Waals surface area contributed by atoms with Gasteiger partial charge in [0.1, 0.15) is 5.54 Å². The number of carbonyl (C=O) groups is 1. The van der Waals surface area contributed by atoms with Gasteiger partial charge in [0.2, 0.25) is 0 Å². The summed E-state index contributed by atoms with van der Waals surface area (Å²) in [6.07, 6.45) is 2.55. The fraction of sp³-hybridized carbons (Fsp3) is 0.400. The van der Waals surface area contributed by atoms with Crippen molar-refractivity contribution in [1.82, 2.24) is 5.32 Å². The third-order valence-corrected chi connectivity index (χ3v) is 4.19. The minimum Gasteiger partial charge on any atom is -0.333 e. The Morgan fingerprint density at radius 2 is 2.33 bits per heavy atom. The molecule has 1 aromatic rings. The topological polar surface area (TPSA) is 52.9 Å². The Morgan fingerprint density at radius 1 is 1.60 bits per heavy atom. The first-order valence-electron chi connectivity index (χ1n) is 4.64. The summed E-state index contributed by atoms with van der Waals surface area (Å²) in [6, 6.07) is 5.77. The highest BCUT2D eigenvalue weighted by Crippen LogP contribution is 2.32. The summed E-state index contributed by atoms with van der Waals surface area (Å²) in [7, 11) is 0. The molecule has 5 heteroatoms. The van der Waals surface area contributed by atoms with Crippen molar-refractivity contribution in [3.63, 3.8) is 0 Å². The second kappa shape index (κ2) is 3.95. The van der Waals surface area contributed by atoms with Gasteiger partial charge in [0.05, 0.1) is 14.7 Å². The quantitative estimate of drug-likeness (QED) is 0.908. The van der Waals surface area contributed by atoms with E-state index in [0.29, 0.717) is 4.88 Å². The van der Waals surface area contributed by atoms with Crippen molar-refractivity contribution in [2.75, 3.05) is 0 Å². The number of nitrogens with one attached hydrogen (secondary N) is 1. The van der Waals surface area contributed by atoms with E-state index >= 15 is 0 Å². The summed E-state index contributed by atoms with van der Waals surface area (Å²) in [5.74, 6) is -0.146. The van der Waals surface area contributed by atoms with E-state index in [-0.39, 0.29) is 5.91 Å². The lowest BCUT2D eigenvalue weighted by atomic mass is 9.78. The van der Waals surface area contributed by atoms with E-state index < -0.39 is 5.54 Å². The summed E-state index contributed by atoms with van der Waals surface area (Å²) in [5.41, 5.74) is -0.604. The van der Waals surface area contributed by atoms with Crippen LogP contribution in [-0.4, -0.2) is 11.4 Å². The predicted octanol–water partition coefficient (Wildman–Crippen LogP) is 2.69. The Labute approximate surface area is 100 Å². The fourth-order valence-electron chi connectivity index (χ4n) is 1.51. The van der Waals surface area contributed by atoms with Crippen molar-refractivity contribution >= 4 is 33.2 Å². The number of nitrogens with zero attached hydrogens (tertiary/aromatic N) is 1. The molecule has 0 aromatic carbocycles. The number of halogens is 1. The van der Waals surface area contributed by atoms with Gasteiger partial charge in [0.15, 0.2) is 0 Å². The second-order valence-corrected chi connectivity index (χ2v) is 6.07. The molecule has 1 saturated carbocycles. The lowest BCUT2D eigenvalue weighted by Crippen LogP contribution is -2.52. The molecule has 0 radical (unpaired) electrons. The van der Waals surface area contributed by atoms with Crippen LogP contribution < -0.4 is 5.32 Å². The van der Waals surface area contributed by atoms with Crippen LogP contribution in [0.3, 0.4) is 0 Å². The van der Waals surface area contributed by atoms with Crippen LogP contribution in [0.15, 0.2) is 15.9 Å². The molecule has 1 amide bonds. The molecule has 1 fully saturated rings. The standard InChI is InChI=1S/C10H9BrN2OS/c11-8-3-2-7(15-8)9(14)13-10(6-12)4-1-5-10/h2-3H,1,4-5H2,(H,13,14).